The Bertz CT molecular complexity index is 1290. The first-order valence-electron chi connectivity index (χ1n) is 10.3. The molecular formula is C23H18F3N3O4. The second-order valence-electron chi connectivity index (χ2n) is 8.28. The summed E-state index contributed by atoms with van der Waals surface area (Å²) in [4.78, 5) is 15.5. The van der Waals surface area contributed by atoms with E-state index in [0.29, 0.717) is 28.4 Å². The van der Waals surface area contributed by atoms with Gasteiger partial charge in [-0.05, 0) is 35.4 Å². The van der Waals surface area contributed by atoms with Gasteiger partial charge in [0.1, 0.15) is 11.2 Å². The standard InChI is InChI=1S/C23H18F3N3O4/c24-23(25,26)19-6-5-12(33-19)10-29-16-4-2-1-3-13(16)22(21(29)30)9-20(27)28-15-8-18-17(7-14(15)22)31-11-32-18/h1-8,20,28H,9-11,27H2. The Hall–Kier alpha value is -3.66. The van der Waals surface area contributed by atoms with Crippen LogP contribution in [0.4, 0.5) is 24.5 Å². The van der Waals surface area contributed by atoms with E-state index in [2.05, 4.69) is 5.32 Å². The highest BCUT2D eigenvalue weighted by Gasteiger charge is 2.56. The molecule has 2 aromatic carbocycles. The van der Waals surface area contributed by atoms with Gasteiger partial charge in [-0.2, -0.15) is 13.2 Å². The molecule has 6 rings (SSSR count). The van der Waals surface area contributed by atoms with Crippen LogP contribution in [0.25, 0.3) is 0 Å². The van der Waals surface area contributed by atoms with Crippen LogP contribution in [-0.2, 0) is 22.9 Å². The van der Waals surface area contributed by atoms with E-state index >= 15 is 0 Å². The van der Waals surface area contributed by atoms with Gasteiger partial charge in [0.2, 0.25) is 18.5 Å². The van der Waals surface area contributed by atoms with Crippen LogP contribution < -0.4 is 25.4 Å². The predicted molar refractivity (Wildman–Crippen MR) is 111 cm³/mol. The van der Waals surface area contributed by atoms with Crippen molar-refractivity contribution < 1.29 is 31.9 Å². The van der Waals surface area contributed by atoms with Gasteiger partial charge in [0.05, 0.1) is 12.7 Å². The van der Waals surface area contributed by atoms with Gasteiger partial charge in [0.25, 0.3) is 0 Å². The molecule has 0 radical (unpaired) electrons. The van der Waals surface area contributed by atoms with Gasteiger partial charge in [-0.3, -0.25) is 4.79 Å². The zero-order valence-electron chi connectivity index (χ0n) is 17.1. The number of benzene rings is 2. The Morgan fingerprint density at radius 2 is 1.85 bits per heavy atom. The molecule has 3 aliphatic rings. The lowest BCUT2D eigenvalue weighted by Gasteiger charge is -2.38. The Morgan fingerprint density at radius 1 is 1.09 bits per heavy atom. The van der Waals surface area contributed by atoms with E-state index in [1.54, 1.807) is 24.3 Å². The summed E-state index contributed by atoms with van der Waals surface area (Å²) in [6.45, 7) is -0.0653. The van der Waals surface area contributed by atoms with Gasteiger partial charge in [0.15, 0.2) is 11.5 Å². The Kier molecular flexibility index (Phi) is 4.04. The van der Waals surface area contributed by atoms with E-state index in [1.807, 2.05) is 12.1 Å². The molecule has 3 N–H and O–H groups in total. The molecule has 170 valence electrons. The number of rotatable bonds is 2. The van der Waals surface area contributed by atoms with Crippen molar-refractivity contribution in [1.82, 2.24) is 0 Å². The van der Waals surface area contributed by atoms with Crippen molar-refractivity contribution in [3.63, 3.8) is 0 Å². The van der Waals surface area contributed by atoms with Crippen molar-refractivity contribution in [2.45, 2.75) is 30.7 Å². The minimum absolute atomic E-state index is 0.0340. The molecule has 1 spiro atoms. The van der Waals surface area contributed by atoms with Crippen LogP contribution in [-0.4, -0.2) is 18.9 Å². The molecule has 1 amide bonds. The third-order valence-electron chi connectivity index (χ3n) is 6.36. The molecule has 0 fully saturated rings. The molecule has 7 nitrogen and oxygen atoms in total. The molecule has 0 bridgehead atoms. The molecule has 2 unspecified atom stereocenters. The number of ether oxygens (including phenoxy) is 2. The van der Waals surface area contributed by atoms with E-state index in [4.69, 9.17) is 19.6 Å². The quantitative estimate of drug-likeness (QED) is 0.606. The number of alkyl halides is 3. The highest BCUT2D eigenvalue weighted by atomic mass is 19.4. The average molecular weight is 457 g/mol. The highest BCUT2D eigenvalue weighted by Crippen LogP contribution is 2.55. The number of furan rings is 1. The van der Waals surface area contributed by atoms with Crippen LogP contribution >= 0.6 is 0 Å². The molecular weight excluding hydrogens is 439 g/mol. The van der Waals surface area contributed by atoms with E-state index in [-0.39, 0.29) is 31.4 Å². The van der Waals surface area contributed by atoms with Gasteiger partial charge in [-0.25, -0.2) is 0 Å². The topological polar surface area (TPSA) is 90.0 Å². The fourth-order valence-electron chi connectivity index (χ4n) is 5.02. The first kappa shape index (κ1) is 20.0. The number of nitrogens with one attached hydrogen (secondary N) is 1. The minimum Gasteiger partial charge on any atom is -0.455 e. The molecule has 3 aromatic rings. The summed E-state index contributed by atoms with van der Waals surface area (Å²) < 4.78 is 55.1. The molecule has 0 saturated heterocycles. The van der Waals surface area contributed by atoms with Crippen molar-refractivity contribution in [1.29, 1.82) is 0 Å². The SMILES string of the molecule is NC1CC2(C(=O)N(Cc3ccc(C(F)(F)F)o3)c3ccccc32)c2cc3c(cc2N1)OCO3. The lowest BCUT2D eigenvalue weighted by atomic mass is 9.69. The third kappa shape index (κ3) is 2.83. The maximum Gasteiger partial charge on any atom is 0.449 e. The van der Waals surface area contributed by atoms with E-state index < -0.39 is 23.5 Å². The van der Waals surface area contributed by atoms with Crippen molar-refractivity contribution in [2.24, 2.45) is 5.73 Å². The number of halogens is 3. The lowest BCUT2D eigenvalue weighted by Crippen LogP contribution is -2.50. The first-order valence-corrected chi connectivity index (χ1v) is 10.3. The summed E-state index contributed by atoms with van der Waals surface area (Å²) in [5.74, 6) is -0.280. The minimum atomic E-state index is -4.60. The molecule has 10 heteroatoms. The summed E-state index contributed by atoms with van der Waals surface area (Å²) in [5, 5.41) is 3.20. The zero-order valence-corrected chi connectivity index (χ0v) is 17.1. The van der Waals surface area contributed by atoms with Crippen LogP contribution in [0.5, 0.6) is 11.5 Å². The van der Waals surface area contributed by atoms with Crippen LogP contribution in [0.2, 0.25) is 0 Å². The Morgan fingerprint density at radius 3 is 2.61 bits per heavy atom. The first-order chi connectivity index (χ1) is 15.8. The van der Waals surface area contributed by atoms with E-state index in [1.165, 1.54) is 11.0 Å². The number of hydrogen-bond donors (Lipinski definition) is 2. The number of carbonyl (C=O) groups excluding carboxylic acids is 1. The van der Waals surface area contributed by atoms with E-state index in [0.717, 1.165) is 11.6 Å². The van der Waals surface area contributed by atoms with Crippen molar-refractivity contribution in [2.75, 3.05) is 17.0 Å². The molecule has 33 heavy (non-hydrogen) atoms. The highest BCUT2D eigenvalue weighted by molar-refractivity contribution is 6.11. The summed E-state index contributed by atoms with van der Waals surface area (Å²) in [5.41, 5.74) is 7.86. The maximum atomic E-state index is 14.1. The smallest absolute Gasteiger partial charge is 0.449 e. The van der Waals surface area contributed by atoms with E-state index in [9.17, 15) is 18.0 Å². The molecule has 1 aromatic heterocycles. The monoisotopic (exact) mass is 457 g/mol. The van der Waals surface area contributed by atoms with Crippen molar-refractivity contribution >= 4 is 17.3 Å². The number of anilines is 2. The number of amides is 1. The second-order valence-corrected chi connectivity index (χ2v) is 8.28. The van der Waals surface area contributed by atoms with Gasteiger partial charge < -0.3 is 29.8 Å². The number of nitrogens with two attached hydrogens (primary N) is 1. The molecule has 2 atom stereocenters. The molecule has 0 aliphatic carbocycles. The largest absolute Gasteiger partial charge is 0.455 e. The van der Waals surface area contributed by atoms with Crippen molar-refractivity contribution in [3.8, 4) is 11.5 Å². The van der Waals surface area contributed by atoms with Gasteiger partial charge >= 0.3 is 6.18 Å². The maximum absolute atomic E-state index is 14.1. The third-order valence-corrected chi connectivity index (χ3v) is 6.36. The summed E-state index contributed by atoms with van der Waals surface area (Å²) >= 11 is 0. The number of carbonyl (C=O) groups is 1. The van der Waals surface area contributed by atoms with Crippen molar-refractivity contribution in [3.05, 3.63) is 71.2 Å². The fourth-order valence-corrected chi connectivity index (χ4v) is 5.02. The number of hydrogen-bond acceptors (Lipinski definition) is 6. The number of para-hydroxylation sites is 1. The Balaban J connectivity index is 1.48. The summed E-state index contributed by atoms with van der Waals surface area (Å²) in [7, 11) is 0. The number of fused-ring (bicyclic) bond motifs is 5. The summed E-state index contributed by atoms with van der Waals surface area (Å²) in [6.07, 6.45) is -4.87. The summed E-state index contributed by atoms with van der Waals surface area (Å²) in [6, 6.07) is 12.9. The fraction of sp³-hybridized carbons (Fsp3) is 0.261. The van der Waals surface area contributed by atoms with Gasteiger partial charge in [-0.1, -0.05) is 18.2 Å². The van der Waals surface area contributed by atoms with Crippen LogP contribution in [0.15, 0.2) is 52.9 Å². The Labute approximate surface area is 185 Å². The molecule has 0 saturated carbocycles. The molecule has 4 heterocycles. The van der Waals surface area contributed by atoms with Crippen LogP contribution in [0.3, 0.4) is 0 Å². The molecule has 3 aliphatic heterocycles. The lowest BCUT2D eigenvalue weighted by molar-refractivity contribution is -0.153. The average Bonchev–Trinajstić information content (AvgIpc) is 3.48. The normalized spacial score (nSPS) is 23.0. The zero-order chi connectivity index (χ0) is 23.0. The van der Waals surface area contributed by atoms with Gasteiger partial charge in [-0.15, -0.1) is 0 Å². The van der Waals surface area contributed by atoms with Gasteiger partial charge in [0, 0.05) is 23.9 Å². The van der Waals surface area contributed by atoms with Crippen LogP contribution in [0, 0.1) is 0 Å². The predicted octanol–water partition coefficient (Wildman–Crippen LogP) is 3.96. The second kappa shape index (κ2) is 6.67. The van der Waals surface area contributed by atoms with Crippen LogP contribution in [0.1, 0.15) is 29.1 Å². The number of nitrogens with zero attached hydrogens (tertiary/aromatic N) is 1.